The third kappa shape index (κ3) is 4.84. The number of piperidine rings is 1. The average molecular weight is 489 g/mol. The number of anilines is 4. The van der Waals surface area contributed by atoms with Crippen LogP contribution in [0.2, 0.25) is 0 Å². The van der Waals surface area contributed by atoms with Crippen LogP contribution in [0.3, 0.4) is 0 Å². The van der Waals surface area contributed by atoms with Gasteiger partial charge in [0.2, 0.25) is 5.95 Å². The number of nitrogens with zero attached hydrogens (tertiary/aromatic N) is 4. The van der Waals surface area contributed by atoms with Gasteiger partial charge in [0.05, 0.1) is 17.1 Å². The summed E-state index contributed by atoms with van der Waals surface area (Å²) in [7, 11) is 0. The number of halogens is 1. The molecule has 0 aliphatic carbocycles. The smallest absolute Gasteiger partial charge is 0.227 e. The van der Waals surface area contributed by atoms with Crippen LogP contribution in [0.25, 0.3) is 5.70 Å². The lowest BCUT2D eigenvalue weighted by atomic mass is 10.0. The average Bonchev–Trinajstić information content (AvgIpc) is 3.27. The zero-order chi connectivity index (χ0) is 25.4. The second-order valence-electron chi connectivity index (χ2n) is 9.80. The highest BCUT2D eigenvalue weighted by Crippen LogP contribution is 2.32. The van der Waals surface area contributed by atoms with Crippen LogP contribution >= 0.6 is 0 Å². The molecule has 0 amide bonds. The number of aryl methyl sites for hydroxylation is 2. The summed E-state index contributed by atoms with van der Waals surface area (Å²) in [6.07, 6.45) is 3.87. The quantitative estimate of drug-likeness (QED) is 0.231. The maximum atomic E-state index is 14.6. The Hall–Kier alpha value is -3.69. The number of hydrogen-bond donors (Lipinski definition) is 4. The van der Waals surface area contributed by atoms with Crippen LogP contribution < -0.4 is 22.3 Å². The van der Waals surface area contributed by atoms with Gasteiger partial charge in [-0.25, -0.2) is 14.4 Å². The Morgan fingerprint density at radius 2 is 1.81 bits per heavy atom. The molecule has 6 N–H and O–H groups in total. The summed E-state index contributed by atoms with van der Waals surface area (Å²) in [6.45, 7) is 11.6. The van der Waals surface area contributed by atoms with Crippen molar-refractivity contribution in [2.75, 3.05) is 29.6 Å². The first-order chi connectivity index (χ1) is 17.3. The third-order valence-corrected chi connectivity index (χ3v) is 7.13. The summed E-state index contributed by atoms with van der Waals surface area (Å²) in [5.41, 5.74) is 15.8. The van der Waals surface area contributed by atoms with Crippen molar-refractivity contribution < 1.29 is 4.39 Å². The third-order valence-electron chi connectivity index (χ3n) is 7.13. The van der Waals surface area contributed by atoms with Crippen LogP contribution in [0, 0.1) is 19.7 Å². The summed E-state index contributed by atoms with van der Waals surface area (Å²) in [5.74, 6) is 5.75. The largest absolute Gasteiger partial charge is 0.397 e. The molecule has 3 heterocycles. The van der Waals surface area contributed by atoms with E-state index in [0.717, 1.165) is 50.4 Å². The molecule has 8 nitrogen and oxygen atoms in total. The monoisotopic (exact) mass is 488 g/mol. The van der Waals surface area contributed by atoms with Crippen LogP contribution in [0.5, 0.6) is 0 Å². The minimum Gasteiger partial charge on any atom is -0.397 e. The minimum atomic E-state index is -0.391. The number of nitrogens with two attached hydrogens (primary N) is 2. The van der Waals surface area contributed by atoms with Gasteiger partial charge in [0.15, 0.2) is 0 Å². The van der Waals surface area contributed by atoms with Crippen LogP contribution in [0.1, 0.15) is 40.8 Å². The van der Waals surface area contributed by atoms with Gasteiger partial charge in [0, 0.05) is 60.9 Å². The number of fused-ring (bicyclic) bond motifs is 1. The molecule has 1 fully saturated rings. The van der Waals surface area contributed by atoms with E-state index in [1.54, 1.807) is 6.07 Å². The zero-order valence-corrected chi connectivity index (χ0v) is 20.8. The molecule has 1 saturated heterocycles. The Balaban J connectivity index is 1.20. The Kier molecular flexibility index (Phi) is 6.51. The standard InChI is InChI=1S/C27H33FN8/c1-16-8-17(2)10-20(9-16)32-27-31-13-19-14-36(15-26(19)33-27)21-4-6-35(7-5-21)18(3)22-11-25(34-30)24(29)12-23(22)28/h8-13,21,34H,3-7,14-15,29-30H2,1-2H3,(H,31,32,33). The van der Waals surface area contributed by atoms with E-state index in [1.165, 1.54) is 22.8 Å². The molecule has 9 heteroatoms. The fourth-order valence-corrected chi connectivity index (χ4v) is 5.28. The number of hydrazine groups is 1. The first-order valence-corrected chi connectivity index (χ1v) is 12.2. The SMILES string of the molecule is C=C(c1cc(NN)c(N)cc1F)N1CCC(N2Cc3cnc(Nc4cc(C)cc(C)c4)nc3C2)CC1. The molecule has 188 valence electrons. The van der Waals surface area contributed by atoms with Crippen molar-refractivity contribution in [2.45, 2.75) is 45.8 Å². The van der Waals surface area contributed by atoms with E-state index in [2.05, 4.69) is 64.2 Å². The number of likely N-dealkylation sites (tertiary alicyclic amines) is 1. The lowest BCUT2D eigenvalue weighted by Crippen LogP contribution is -2.42. The molecule has 0 unspecified atom stereocenters. The number of aromatic nitrogens is 2. The molecule has 0 saturated carbocycles. The number of rotatable bonds is 6. The highest BCUT2D eigenvalue weighted by Gasteiger charge is 2.31. The maximum absolute atomic E-state index is 14.6. The van der Waals surface area contributed by atoms with E-state index < -0.39 is 5.82 Å². The summed E-state index contributed by atoms with van der Waals surface area (Å²) < 4.78 is 14.6. The first kappa shape index (κ1) is 24.0. The van der Waals surface area contributed by atoms with Crippen molar-refractivity contribution in [3.63, 3.8) is 0 Å². The molecule has 3 aromatic rings. The molecule has 2 aliphatic rings. The fourth-order valence-electron chi connectivity index (χ4n) is 5.28. The van der Waals surface area contributed by atoms with Gasteiger partial charge < -0.3 is 21.4 Å². The lowest BCUT2D eigenvalue weighted by Gasteiger charge is -2.38. The van der Waals surface area contributed by atoms with Crippen LogP contribution in [-0.2, 0) is 13.1 Å². The Morgan fingerprint density at radius 3 is 2.50 bits per heavy atom. The van der Waals surface area contributed by atoms with Gasteiger partial charge in [-0.2, -0.15) is 0 Å². The van der Waals surface area contributed by atoms with Crippen molar-refractivity contribution >= 4 is 28.7 Å². The predicted octanol–water partition coefficient (Wildman–Crippen LogP) is 4.29. The molecular formula is C27H33FN8. The van der Waals surface area contributed by atoms with Crippen LogP contribution in [-0.4, -0.2) is 38.9 Å². The van der Waals surface area contributed by atoms with Crippen molar-refractivity contribution in [1.82, 2.24) is 19.8 Å². The molecule has 0 spiro atoms. The second-order valence-corrected chi connectivity index (χ2v) is 9.80. The predicted molar refractivity (Wildman–Crippen MR) is 143 cm³/mol. The van der Waals surface area contributed by atoms with E-state index in [4.69, 9.17) is 16.6 Å². The van der Waals surface area contributed by atoms with E-state index in [1.807, 2.05) is 6.20 Å². The second kappa shape index (κ2) is 9.75. The molecule has 0 atom stereocenters. The van der Waals surface area contributed by atoms with Gasteiger partial charge in [0.25, 0.3) is 0 Å². The topological polar surface area (TPSA) is 108 Å². The normalized spacial score (nSPS) is 16.2. The van der Waals surface area contributed by atoms with E-state index in [0.29, 0.717) is 28.9 Å². The van der Waals surface area contributed by atoms with Crippen molar-refractivity contribution in [3.05, 3.63) is 76.9 Å². The van der Waals surface area contributed by atoms with Gasteiger partial charge >= 0.3 is 0 Å². The van der Waals surface area contributed by atoms with Crippen molar-refractivity contribution in [3.8, 4) is 0 Å². The molecule has 0 bridgehead atoms. The van der Waals surface area contributed by atoms with Gasteiger partial charge in [0.1, 0.15) is 5.82 Å². The molecule has 36 heavy (non-hydrogen) atoms. The molecule has 5 rings (SSSR count). The van der Waals surface area contributed by atoms with Crippen molar-refractivity contribution in [2.24, 2.45) is 5.84 Å². The Morgan fingerprint density at radius 1 is 1.08 bits per heavy atom. The number of hydrogen-bond acceptors (Lipinski definition) is 8. The number of nitrogens with one attached hydrogen (secondary N) is 2. The summed E-state index contributed by atoms with van der Waals surface area (Å²) in [6, 6.07) is 9.68. The van der Waals surface area contributed by atoms with Crippen LogP contribution in [0.15, 0.2) is 43.1 Å². The minimum absolute atomic E-state index is 0.273. The molecule has 2 aromatic carbocycles. The molecule has 1 aromatic heterocycles. The zero-order valence-electron chi connectivity index (χ0n) is 20.8. The van der Waals surface area contributed by atoms with Gasteiger partial charge in [-0.1, -0.05) is 12.6 Å². The van der Waals surface area contributed by atoms with E-state index in [-0.39, 0.29) is 5.69 Å². The van der Waals surface area contributed by atoms with E-state index in [9.17, 15) is 4.39 Å². The fraction of sp³-hybridized carbons (Fsp3) is 0.333. The van der Waals surface area contributed by atoms with Gasteiger partial charge in [-0.15, -0.1) is 0 Å². The summed E-state index contributed by atoms with van der Waals surface area (Å²) in [4.78, 5) is 14.0. The number of nitrogen functional groups attached to an aromatic ring is 2. The van der Waals surface area contributed by atoms with Crippen molar-refractivity contribution in [1.29, 1.82) is 0 Å². The highest BCUT2D eigenvalue weighted by atomic mass is 19.1. The molecular weight excluding hydrogens is 455 g/mol. The molecule has 2 aliphatic heterocycles. The summed E-state index contributed by atoms with van der Waals surface area (Å²) in [5, 5.41) is 3.35. The van der Waals surface area contributed by atoms with E-state index >= 15 is 0 Å². The maximum Gasteiger partial charge on any atom is 0.227 e. The molecule has 0 radical (unpaired) electrons. The number of benzene rings is 2. The first-order valence-electron chi connectivity index (χ1n) is 12.2. The lowest BCUT2D eigenvalue weighted by molar-refractivity contribution is 0.131. The summed E-state index contributed by atoms with van der Waals surface area (Å²) >= 11 is 0. The van der Waals surface area contributed by atoms with Gasteiger partial charge in [-0.05, 0) is 62.1 Å². The van der Waals surface area contributed by atoms with Gasteiger partial charge in [-0.3, -0.25) is 10.7 Å². The van der Waals surface area contributed by atoms with Crippen LogP contribution in [0.4, 0.5) is 27.4 Å². The Labute approximate surface area is 211 Å². The Bertz CT molecular complexity index is 1280. The highest BCUT2D eigenvalue weighted by molar-refractivity contribution is 5.74.